The molecule has 2 amide bonds. The summed E-state index contributed by atoms with van der Waals surface area (Å²) < 4.78 is 0. The van der Waals surface area contributed by atoms with E-state index in [4.69, 9.17) is 5.11 Å². The molecule has 5 heteroatoms. The number of carbonyl (C=O) groups is 2. The van der Waals surface area contributed by atoms with Crippen LogP contribution < -0.4 is 10.6 Å². The maximum Gasteiger partial charge on any atom is 0.315 e. The van der Waals surface area contributed by atoms with Gasteiger partial charge in [-0.3, -0.25) is 4.79 Å². The van der Waals surface area contributed by atoms with Gasteiger partial charge in [-0.05, 0) is 32.1 Å². The molecule has 0 bridgehead atoms. The fraction of sp³-hybridized carbons (Fsp3) is 0.857. The number of hydrogen-bond donors (Lipinski definition) is 3. The Morgan fingerprint density at radius 3 is 2.47 bits per heavy atom. The Morgan fingerprint density at radius 2 is 1.95 bits per heavy atom. The van der Waals surface area contributed by atoms with Crippen molar-refractivity contribution in [2.45, 2.75) is 58.9 Å². The summed E-state index contributed by atoms with van der Waals surface area (Å²) in [6.07, 6.45) is 5.03. The Morgan fingerprint density at radius 1 is 1.32 bits per heavy atom. The van der Waals surface area contributed by atoms with Gasteiger partial charge in [0.2, 0.25) is 0 Å². The van der Waals surface area contributed by atoms with Gasteiger partial charge < -0.3 is 15.7 Å². The van der Waals surface area contributed by atoms with Crippen molar-refractivity contribution < 1.29 is 14.7 Å². The molecule has 1 aliphatic rings. The maximum absolute atomic E-state index is 11.8. The van der Waals surface area contributed by atoms with E-state index in [-0.39, 0.29) is 18.6 Å². The predicted molar refractivity (Wildman–Crippen MR) is 74.0 cm³/mol. The van der Waals surface area contributed by atoms with E-state index in [1.807, 2.05) is 6.92 Å². The van der Waals surface area contributed by atoms with Gasteiger partial charge >= 0.3 is 12.0 Å². The standard InChI is InChI=1S/C14H26N2O3/c1-4-14(3,12(17)18)9-15-13(19)16-11-8-6-5-7-10(11)2/h10-11H,4-9H2,1-3H3,(H,17,18)(H2,15,16,19). The molecule has 110 valence electrons. The third-order valence-corrected chi connectivity index (χ3v) is 4.36. The van der Waals surface area contributed by atoms with Gasteiger partial charge in [-0.15, -0.1) is 0 Å². The Balaban J connectivity index is 2.40. The minimum Gasteiger partial charge on any atom is -0.481 e. The van der Waals surface area contributed by atoms with Crippen LogP contribution in [0.2, 0.25) is 0 Å². The fourth-order valence-corrected chi connectivity index (χ4v) is 2.38. The summed E-state index contributed by atoms with van der Waals surface area (Å²) in [5.41, 5.74) is -0.893. The number of carboxylic acids is 1. The lowest BCUT2D eigenvalue weighted by molar-refractivity contribution is -0.147. The molecule has 0 radical (unpaired) electrons. The third-order valence-electron chi connectivity index (χ3n) is 4.36. The first-order valence-corrected chi connectivity index (χ1v) is 7.17. The summed E-state index contributed by atoms with van der Waals surface area (Å²) in [4.78, 5) is 23.0. The molecule has 1 fully saturated rings. The van der Waals surface area contributed by atoms with Crippen LogP contribution in [0.25, 0.3) is 0 Å². The summed E-state index contributed by atoms with van der Waals surface area (Å²) in [5, 5.41) is 14.8. The second-order valence-corrected chi connectivity index (χ2v) is 5.91. The molecule has 0 aromatic heterocycles. The van der Waals surface area contributed by atoms with Crippen molar-refractivity contribution in [3.63, 3.8) is 0 Å². The lowest BCUT2D eigenvalue weighted by atomic mass is 9.86. The zero-order valence-corrected chi connectivity index (χ0v) is 12.2. The molecule has 0 spiro atoms. The Kier molecular flexibility index (Phi) is 5.63. The molecule has 3 unspecified atom stereocenters. The van der Waals surface area contributed by atoms with E-state index in [1.54, 1.807) is 6.92 Å². The van der Waals surface area contributed by atoms with Crippen molar-refractivity contribution in [3.05, 3.63) is 0 Å². The maximum atomic E-state index is 11.8. The van der Waals surface area contributed by atoms with Gasteiger partial charge in [-0.25, -0.2) is 4.79 Å². The predicted octanol–water partition coefficient (Wildman–Crippen LogP) is 2.37. The molecule has 3 atom stereocenters. The number of aliphatic carboxylic acids is 1. The first-order valence-electron chi connectivity index (χ1n) is 7.17. The number of nitrogens with one attached hydrogen (secondary N) is 2. The largest absolute Gasteiger partial charge is 0.481 e. The normalized spacial score (nSPS) is 26.3. The first-order chi connectivity index (χ1) is 8.89. The van der Waals surface area contributed by atoms with Crippen molar-refractivity contribution in [2.75, 3.05) is 6.54 Å². The van der Waals surface area contributed by atoms with Gasteiger partial charge in [0.15, 0.2) is 0 Å². The van der Waals surface area contributed by atoms with Gasteiger partial charge in [0, 0.05) is 12.6 Å². The van der Waals surface area contributed by atoms with E-state index in [1.165, 1.54) is 6.42 Å². The van der Waals surface area contributed by atoms with Crippen molar-refractivity contribution in [1.82, 2.24) is 10.6 Å². The highest BCUT2D eigenvalue weighted by Gasteiger charge is 2.32. The average Bonchev–Trinajstić information content (AvgIpc) is 2.38. The molecule has 19 heavy (non-hydrogen) atoms. The Hall–Kier alpha value is -1.26. The molecular weight excluding hydrogens is 244 g/mol. The lowest BCUT2D eigenvalue weighted by Crippen LogP contribution is -2.49. The topological polar surface area (TPSA) is 78.4 Å². The van der Waals surface area contributed by atoms with Crippen LogP contribution in [0.5, 0.6) is 0 Å². The van der Waals surface area contributed by atoms with Crippen LogP contribution in [-0.2, 0) is 4.79 Å². The fourth-order valence-electron chi connectivity index (χ4n) is 2.38. The van der Waals surface area contributed by atoms with Crippen LogP contribution >= 0.6 is 0 Å². The van der Waals surface area contributed by atoms with E-state index >= 15 is 0 Å². The van der Waals surface area contributed by atoms with Crippen LogP contribution in [0.4, 0.5) is 4.79 Å². The minimum absolute atomic E-state index is 0.158. The SMILES string of the molecule is CCC(C)(CNC(=O)NC1CCCCC1C)C(=O)O. The lowest BCUT2D eigenvalue weighted by Gasteiger charge is -2.30. The van der Waals surface area contributed by atoms with Crippen LogP contribution in [0.15, 0.2) is 0 Å². The highest BCUT2D eigenvalue weighted by molar-refractivity contribution is 5.77. The van der Waals surface area contributed by atoms with Crippen molar-refractivity contribution in [2.24, 2.45) is 11.3 Å². The summed E-state index contributed by atoms with van der Waals surface area (Å²) in [5.74, 6) is -0.377. The van der Waals surface area contributed by atoms with Gasteiger partial charge in [0.25, 0.3) is 0 Å². The average molecular weight is 270 g/mol. The van der Waals surface area contributed by atoms with Gasteiger partial charge in [0.1, 0.15) is 0 Å². The van der Waals surface area contributed by atoms with Crippen LogP contribution in [0.1, 0.15) is 52.9 Å². The van der Waals surface area contributed by atoms with Crippen LogP contribution in [-0.4, -0.2) is 29.7 Å². The number of hydrogen-bond acceptors (Lipinski definition) is 2. The summed E-state index contributed by atoms with van der Waals surface area (Å²) in [6, 6.07) is -0.0360. The molecular formula is C14H26N2O3. The quantitative estimate of drug-likeness (QED) is 0.717. The van der Waals surface area contributed by atoms with E-state index in [0.29, 0.717) is 12.3 Å². The van der Waals surface area contributed by atoms with Crippen LogP contribution in [0.3, 0.4) is 0 Å². The summed E-state index contributed by atoms with van der Waals surface area (Å²) >= 11 is 0. The van der Waals surface area contributed by atoms with Crippen LogP contribution in [0, 0.1) is 11.3 Å². The third kappa shape index (κ3) is 4.40. The Bertz CT molecular complexity index is 333. The first kappa shape index (κ1) is 15.8. The smallest absolute Gasteiger partial charge is 0.315 e. The molecule has 0 aromatic carbocycles. The van der Waals surface area contributed by atoms with E-state index in [0.717, 1.165) is 19.3 Å². The molecule has 5 nitrogen and oxygen atoms in total. The van der Waals surface area contributed by atoms with Gasteiger partial charge in [-0.2, -0.15) is 0 Å². The summed E-state index contributed by atoms with van der Waals surface area (Å²) in [6.45, 7) is 5.78. The zero-order valence-electron chi connectivity index (χ0n) is 12.2. The highest BCUT2D eigenvalue weighted by Crippen LogP contribution is 2.24. The molecule has 0 aromatic rings. The molecule has 1 rings (SSSR count). The van der Waals surface area contributed by atoms with Gasteiger partial charge in [0.05, 0.1) is 5.41 Å². The summed E-state index contributed by atoms with van der Waals surface area (Å²) in [7, 11) is 0. The molecule has 0 saturated heterocycles. The molecule has 0 heterocycles. The molecule has 0 aliphatic heterocycles. The number of amides is 2. The number of carboxylic acid groups (broad SMARTS) is 1. The van der Waals surface area contributed by atoms with Crippen molar-refractivity contribution in [1.29, 1.82) is 0 Å². The van der Waals surface area contributed by atoms with E-state index in [2.05, 4.69) is 17.6 Å². The zero-order chi connectivity index (χ0) is 14.5. The van der Waals surface area contributed by atoms with Gasteiger partial charge in [-0.1, -0.05) is 26.7 Å². The number of rotatable bonds is 5. The second-order valence-electron chi connectivity index (χ2n) is 5.91. The Labute approximate surface area is 115 Å². The highest BCUT2D eigenvalue weighted by atomic mass is 16.4. The molecule has 1 aliphatic carbocycles. The number of carbonyl (C=O) groups excluding carboxylic acids is 1. The van der Waals surface area contributed by atoms with Crippen molar-refractivity contribution >= 4 is 12.0 Å². The molecule has 1 saturated carbocycles. The van der Waals surface area contributed by atoms with E-state index in [9.17, 15) is 9.59 Å². The van der Waals surface area contributed by atoms with E-state index < -0.39 is 11.4 Å². The monoisotopic (exact) mass is 270 g/mol. The molecule has 3 N–H and O–H groups in total. The van der Waals surface area contributed by atoms with Crippen molar-refractivity contribution in [3.8, 4) is 0 Å². The second kappa shape index (κ2) is 6.78. The minimum atomic E-state index is -0.893. The number of urea groups is 1.